The van der Waals surface area contributed by atoms with E-state index in [9.17, 15) is 0 Å². The van der Waals surface area contributed by atoms with Crippen LogP contribution in [0.15, 0.2) is 12.3 Å². The van der Waals surface area contributed by atoms with E-state index in [1.807, 2.05) is 6.07 Å². The first-order chi connectivity index (χ1) is 4.74. The predicted molar refractivity (Wildman–Crippen MR) is 54.5 cm³/mol. The van der Waals surface area contributed by atoms with Crippen LogP contribution >= 0.6 is 50.3 Å². The number of hydrogen-bond acceptors (Lipinski definition) is 2. The fourth-order valence-corrected chi connectivity index (χ4v) is 2.12. The van der Waals surface area contributed by atoms with E-state index >= 15 is 0 Å². The molecule has 0 bridgehead atoms. The monoisotopic (exact) mass is 332 g/mol. The highest BCUT2D eigenvalue weighted by Gasteiger charge is 1.98. The van der Waals surface area contributed by atoms with Gasteiger partial charge in [-0.1, -0.05) is 11.6 Å². The maximum atomic E-state index is 5.66. The van der Waals surface area contributed by atoms with E-state index in [0.717, 1.165) is 9.39 Å². The largest absolute Gasteiger partial charge is 0.306 e. The first kappa shape index (κ1) is 8.55. The number of nitrogens with one attached hydrogen (secondary N) is 1. The molecular formula is C5H3BrClIN2. The zero-order valence-electron chi connectivity index (χ0n) is 4.74. The van der Waals surface area contributed by atoms with Gasteiger partial charge in [-0.25, -0.2) is 4.98 Å². The summed E-state index contributed by atoms with van der Waals surface area (Å²) in [5.41, 5.74) is 0. The van der Waals surface area contributed by atoms with Crippen molar-refractivity contribution in [3.63, 3.8) is 0 Å². The molecule has 5 heteroatoms. The fraction of sp³-hybridized carbons (Fsp3) is 0. The van der Waals surface area contributed by atoms with Crippen LogP contribution in [-0.2, 0) is 0 Å². The highest BCUT2D eigenvalue weighted by atomic mass is 127. The Morgan fingerprint density at radius 3 is 2.90 bits per heavy atom. The number of hydrogen-bond donors (Lipinski definition) is 1. The summed E-state index contributed by atoms with van der Waals surface area (Å²) in [5.74, 6) is 0.782. The van der Waals surface area contributed by atoms with Gasteiger partial charge in [-0.3, -0.25) is 0 Å². The van der Waals surface area contributed by atoms with Crippen molar-refractivity contribution in [2.75, 3.05) is 4.34 Å². The van der Waals surface area contributed by atoms with Gasteiger partial charge in [0.05, 0.1) is 8.59 Å². The van der Waals surface area contributed by atoms with Crippen molar-refractivity contribution in [1.82, 2.24) is 4.98 Å². The van der Waals surface area contributed by atoms with Crippen LogP contribution in [0.2, 0.25) is 5.02 Å². The molecule has 0 saturated carbocycles. The molecule has 0 aliphatic rings. The molecule has 0 aliphatic carbocycles. The molecular weight excluding hydrogens is 330 g/mol. The van der Waals surface area contributed by atoms with E-state index in [1.165, 1.54) is 0 Å². The van der Waals surface area contributed by atoms with Crippen molar-refractivity contribution in [2.24, 2.45) is 0 Å². The van der Waals surface area contributed by atoms with Gasteiger partial charge in [0.15, 0.2) is 0 Å². The molecule has 1 rings (SSSR count). The van der Waals surface area contributed by atoms with Crippen molar-refractivity contribution in [3.8, 4) is 0 Å². The SMILES string of the molecule is Clc1cnc(NBr)c(I)c1. The molecule has 0 atom stereocenters. The molecule has 0 radical (unpaired) electrons. The van der Waals surface area contributed by atoms with Crippen molar-refractivity contribution in [3.05, 3.63) is 20.9 Å². The van der Waals surface area contributed by atoms with E-state index < -0.39 is 0 Å². The fourth-order valence-electron chi connectivity index (χ4n) is 0.484. The van der Waals surface area contributed by atoms with Crippen molar-refractivity contribution in [1.29, 1.82) is 0 Å². The normalized spacial score (nSPS) is 9.50. The second kappa shape index (κ2) is 3.73. The van der Waals surface area contributed by atoms with Gasteiger partial charge < -0.3 is 4.34 Å². The second-order valence-corrected chi connectivity index (χ2v) is 3.57. The van der Waals surface area contributed by atoms with E-state index in [0.29, 0.717) is 5.02 Å². The Kier molecular flexibility index (Phi) is 3.19. The van der Waals surface area contributed by atoms with Gasteiger partial charge in [-0.15, -0.1) is 0 Å². The van der Waals surface area contributed by atoms with Crippen LogP contribution in [0.5, 0.6) is 0 Å². The Morgan fingerprint density at radius 1 is 1.70 bits per heavy atom. The molecule has 1 aromatic rings. The van der Waals surface area contributed by atoms with Gasteiger partial charge >= 0.3 is 0 Å². The summed E-state index contributed by atoms with van der Waals surface area (Å²) in [6.45, 7) is 0. The van der Waals surface area contributed by atoms with Crippen molar-refractivity contribution >= 4 is 56.2 Å². The van der Waals surface area contributed by atoms with Gasteiger partial charge in [0.25, 0.3) is 0 Å². The van der Waals surface area contributed by atoms with Crippen LogP contribution in [0.25, 0.3) is 0 Å². The minimum Gasteiger partial charge on any atom is -0.306 e. The lowest BCUT2D eigenvalue weighted by Crippen LogP contribution is -1.87. The van der Waals surface area contributed by atoms with Gasteiger partial charge in [0.1, 0.15) is 5.82 Å². The number of rotatable bonds is 1. The maximum absolute atomic E-state index is 5.66. The van der Waals surface area contributed by atoms with Gasteiger partial charge in [-0.05, 0) is 28.7 Å². The Morgan fingerprint density at radius 2 is 2.40 bits per heavy atom. The Bertz CT molecular complexity index is 243. The molecule has 54 valence electrons. The smallest absolute Gasteiger partial charge is 0.149 e. The number of pyridine rings is 1. The standard InChI is InChI=1S/C5H3BrClIN2/c6-10-5-4(8)1-3(7)2-9-5/h1-2H,(H,9,10). The van der Waals surface area contributed by atoms with Gasteiger partial charge in [0.2, 0.25) is 0 Å². The van der Waals surface area contributed by atoms with Crippen molar-refractivity contribution < 1.29 is 0 Å². The Labute approximate surface area is 85.8 Å². The first-order valence-corrected chi connectivity index (χ1v) is 4.66. The Balaban J connectivity index is 3.07. The van der Waals surface area contributed by atoms with E-state index in [4.69, 9.17) is 11.6 Å². The summed E-state index contributed by atoms with van der Waals surface area (Å²) in [6.07, 6.45) is 1.59. The van der Waals surface area contributed by atoms with Crippen LogP contribution < -0.4 is 4.34 Å². The van der Waals surface area contributed by atoms with Gasteiger partial charge in [0, 0.05) is 22.3 Å². The Hall–Kier alpha value is 0.450. The minimum absolute atomic E-state index is 0.649. The summed E-state index contributed by atoms with van der Waals surface area (Å²) in [4.78, 5) is 4.00. The molecule has 1 N–H and O–H groups in total. The molecule has 1 heterocycles. The van der Waals surface area contributed by atoms with E-state index in [2.05, 4.69) is 48.1 Å². The third kappa shape index (κ3) is 1.96. The van der Waals surface area contributed by atoms with Crippen LogP contribution in [0, 0.1) is 3.57 Å². The van der Waals surface area contributed by atoms with Crippen LogP contribution in [-0.4, -0.2) is 4.98 Å². The summed E-state index contributed by atoms with van der Waals surface area (Å²) in [5, 5.41) is 0.649. The zero-order valence-corrected chi connectivity index (χ0v) is 9.24. The average molecular weight is 333 g/mol. The van der Waals surface area contributed by atoms with Crippen LogP contribution in [0.3, 0.4) is 0 Å². The summed E-state index contributed by atoms with van der Waals surface area (Å²) >= 11 is 10.9. The second-order valence-electron chi connectivity index (χ2n) is 1.58. The minimum atomic E-state index is 0.649. The molecule has 0 amide bonds. The van der Waals surface area contributed by atoms with Crippen molar-refractivity contribution in [2.45, 2.75) is 0 Å². The first-order valence-electron chi connectivity index (χ1n) is 2.41. The quantitative estimate of drug-likeness (QED) is 0.631. The molecule has 0 fully saturated rings. The lowest BCUT2D eigenvalue weighted by molar-refractivity contribution is 1.32. The number of nitrogens with zero attached hydrogens (tertiary/aromatic N) is 1. The molecule has 0 aromatic carbocycles. The lowest BCUT2D eigenvalue weighted by Gasteiger charge is -1.98. The number of anilines is 1. The highest BCUT2D eigenvalue weighted by Crippen LogP contribution is 2.19. The molecule has 0 aliphatic heterocycles. The van der Waals surface area contributed by atoms with E-state index in [-0.39, 0.29) is 0 Å². The third-order valence-corrected chi connectivity index (χ3v) is 2.30. The molecule has 2 nitrogen and oxygen atoms in total. The lowest BCUT2D eigenvalue weighted by atomic mass is 10.5. The molecule has 10 heavy (non-hydrogen) atoms. The predicted octanol–water partition coefficient (Wildman–Crippen LogP) is 3.06. The van der Waals surface area contributed by atoms with Crippen LogP contribution in [0.1, 0.15) is 0 Å². The summed E-state index contributed by atoms with van der Waals surface area (Å²) in [6, 6.07) is 1.83. The van der Waals surface area contributed by atoms with Crippen LogP contribution in [0.4, 0.5) is 5.82 Å². The molecule has 1 aromatic heterocycles. The topological polar surface area (TPSA) is 24.9 Å². The number of halogens is 3. The zero-order chi connectivity index (χ0) is 7.56. The van der Waals surface area contributed by atoms with E-state index in [1.54, 1.807) is 6.20 Å². The molecule has 0 spiro atoms. The maximum Gasteiger partial charge on any atom is 0.149 e. The third-order valence-electron chi connectivity index (χ3n) is 0.897. The summed E-state index contributed by atoms with van der Waals surface area (Å²) in [7, 11) is 0. The summed E-state index contributed by atoms with van der Waals surface area (Å²) < 4.78 is 3.75. The number of aromatic nitrogens is 1. The van der Waals surface area contributed by atoms with Gasteiger partial charge in [-0.2, -0.15) is 0 Å². The highest BCUT2D eigenvalue weighted by molar-refractivity contribution is 14.1. The molecule has 0 saturated heterocycles. The average Bonchev–Trinajstić information content (AvgIpc) is 1.88. The molecule has 0 unspecified atom stereocenters.